The van der Waals surface area contributed by atoms with Crippen LogP contribution in [0.5, 0.6) is 5.75 Å². The van der Waals surface area contributed by atoms with Gasteiger partial charge in [-0.05, 0) is 36.1 Å². The number of benzene rings is 1. The summed E-state index contributed by atoms with van der Waals surface area (Å²) in [6.45, 7) is 2.98. The summed E-state index contributed by atoms with van der Waals surface area (Å²) < 4.78 is 32.3. The third-order valence-electron chi connectivity index (χ3n) is 3.49. The Morgan fingerprint density at radius 1 is 1.36 bits per heavy atom. The van der Waals surface area contributed by atoms with E-state index in [0.717, 1.165) is 12.8 Å². The molecule has 120 valence electrons. The summed E-state index contributed by atoms with van der Waals surface area (Å²) in [6, 6.07) is 6.18. The fraction of sp³-hybridized carbons (Fsp3) is 0.467. The van der Waals surface area contributed by atoms with Gasteiger partial charge in [-0.15, -0.1) is 0 Å². The van der Waals surface area contributed by atoms with E-state index in [-0.39, 0.29) is 17.5 Å². The maximum atomic E-state index is 12.7. The number of ether oxygens (including phenoxy) is 1. The highest BCUT2D eigenvalue weighted by atomic mass is 32.2. The third-order valence-corrected chi connectivity index (χ3v) is 5.99. The second kappa shape index (κ2) is 7.59. The van der Waals surface area contributed by atoms with E-state index in [0.29, 0.717) is 23.6 Å². The van der Waals surface area contributed by atoms with Crippen molar-refractivity contribution in [2.24, 2.45) is 0 Å². The van der Waals surface area contributed by atoms with E-state index in [2.05, 4.69) is 6.92 Å². The number of hydrogen-bond acceptors (Lipinski definition) is 5. The first-order valence-corrected chi connectivity index (χ1v) is 9.52. The molecule has 0 saturated carbocycles. The van der Waals surface area contributed by atoms with E-state index >= 15 is 0 Å². The Labute approximate surface area is 142 Å². The van der Waals surface area contributed by atoms with Gasteiger partial charge in [0.15, 0.2) is 0 Å². The Hall–Kier alpha value is -0.890. The van der Waals surface area contributed by atoms with E-state index in [1.54, 1.807) is 24.3 Å². The highest BCUT2D eigenvalue weighted by Gasteiger charge is 2.36. The predicted octanol–water partition coefficient (Wildman–Crippen LogP) is 3.00. The topological polar surface area (TPSA) is 46.6 Å². The SMILES string of the molecule is CCCCOc1ccc(S(=O)(=O)N2CC(=S)C[C@@H]2C=S)cc1. The lowest BCUT2D eigenvalue weighted by Gasteiger charge is -2.20. The minimum Gasteiger partial charge on any atom is -0.494 e. The lowest BCUT2D eigenvalue weighted by Crippen LogP contribution is -2.36. The quantitative estimate of drug-likeness (QED) is 0.554. The summed E-state index contributed by atoms with van der Waals surface area (Å²) in [6.07, 6.45) is 2.55. The summed E-state index contributed by atoms with van der Waals surface area (Å²) in [5, 5.41) is 1.47. The molecule has 1 aliphatic heterocycles. The molecule has 0 radical (unpaired) electrons. The van der Waals surface area contributed by atoms with Gasteiger partial charge in [0, 0.05) is 17.8 Å². The van der Waals surface area contributed by atoms with Crippen LogP contribution >= 0.6 is 24.4 Å². The number of thiocarbonyl (C=S) groups is 2. The number of hydrogen-bond donors (Lipinski definition) is 0. The molecule has 1 fully saturated rings. The van der Waals surface area contributed by atoms with Crippen molar-refractivity contribution >= 4 is 44.7 Å². The summed E-state index contributed by atoms with van der Waals surface area (Å²) in [5.41, 5.74) is 0. The van der Waals surface area contributed by atoms with Gasteiger partial charge < -0.3 is 4.74 Å². The molecular weight excluding hydrogens is 338 g/mol. The molecule has 0 amide bonds. The monoisotopic (exact) mass is 357 g/mol. The lowest BCUT2D eigenvalue weighted by molar-refractivity contribution is 0.309. The number of unbranched alkanes of at least 4 members (excludes halogenated alkanes) is 1. The van der Waals surface area contributed by atoms with Crippen molar-refractivity contribution in [2.45, 2.75) is 37.1 Å². The molecular formula is C15H19NO3S3. The highest BCUT2D eigenvalue weighted by Crippen LogP contribution is 2.25. The van der Waals surface area contributed by atoms with Crippen molar-refractivity contribution in [3.8, 4) is 5.75 Å². The van der Waals surface area contributed by atoms with Gasteiger partial charge in [0.2, 0.25) is 10.0 Å². The molecule has 1 atom stereocenters. The second-order valence-electron chi connectivity index (χ2n) is 5.17. The van der Waals surface area contributed by atoms with Crippen LogP contribution in [0.2, 0.25) is 0 Å². The van der Waals surface area contributed by atoms with E-state index in [9.17, 15) is 8.42 Å². The van der Waals surface area contributed by atoms with Crippen molar-refractivity contribution in [3.05, 3.63) is 24.3 Å². The first-order chi connectivity index (χ1) is 10.5. The van der Waals surface area contributed by atoms with Crippen LogP contribution in [0.3, 0.4) is 0 Å². The van der Waals surface area contributed by atoms with Gasteiger partial charge in [0.25, 0.3) is 0 Å². The van der Waals surface area contributed by atoms with Crippen LogP contribution in [0.15, 0.2) is 29.2 Å². The molecule has 0 bridgehead atoms. The fourth-order valence-corrected chi connectivity index (χ4v) is 4.53. The summed E-state index contributed by atoms with van der Waals surface area (Å²) in [5.74, 6) is 0.677. The van der Waals surface area contributed by atoms with Gasteiger partial charge in [-0.2, -0.15) is 4.31 Å². The molecule has 0 aliphatic carbocycles. The van der Waals surface area contributed by atoms with Crippen LogP contribution < -0.4 is 4.74 Å². The average Bonchev–Trinajstić information content (AvgIpc) is 2.90. The number of nitrogens with zero attached hydrogens (tertiary/aromatic N) is 1. The van der Waals surface area contributed by atoms with Crippen LogP contribution in [-0.2, 0) is 10.0 Å². The Kier molecular flexibility index (Phi) is 6.02. The summed E-state index contributed by atoms with van der Waals surface area (Å²) in [7, 11) is -3.58. The van der Waals surface area contributed by atoms with E-state index in [1.807, 2.05) is 0 Å². The Bertz CT molecular complexity index is 641. The van der Waals surface area contributed by atoms with E-state index in [1.165, 1.54) is 9.67 Å². The molecule has 0 unspecified atom stereocenters. The normalized spacial score (nSPS) is 19.3. The Balaban J connectivity index is 2.16. The molecule has 1 aromatic carbocycles. The first kappa shape index (κ1) is 17.5. The molecule has 7 heteroatoms. The van der Waals surface area contributed by atoms with Gasteiger partial charge in [-0.25, -0.2) is 8.42 Å². The van der Waals surface area contributed by atoms with Gasteiger partial charge in [-0.3, -0.25) is 0 Å². The predicted molar refractivity (Wildman–Crippen MR) is 95.4 cm³/mol. The molecule has 1 saturated heterocycles. The number of rotatable bonds is 7. The largest absolute Gasteiger partial charge is 0.494 e. The van der Waals surface area contributed by atoms with Gasteiger partial charge >= 0.3 is 0 Å². The van der Waals surface area contributed by atoms with Crippen molar-refractivity contribution in [2.75, 3.05) is 13.2 Å². The third kappa shape index (κ3) is 3.90. The minimum atomic E-state index is -3.58. The van der Waals surface area contributed by atoms with Crippen LogP contribution in [0.4, 0.5) is 0 Å². The maximum Gasteiger partial charge on any atom is 0.243 e. The van der Waals surface area contributed by atoms with Crippen molar-refractivity contribution in [1.29, 1.82) is 0 Å². The van der Waals surface area contributed by atoms with Crippen molar-refractivity contribution < 1.29 is 13.2 Å². The molecule has 22 heavy (non-hydrogen) atoms. The smallest absolute Gasteiger partial charge is 0.243 e. The average molecular weight is 358 g/mol. The van der Waals surface area contributed by atoms with Crippen LogP contribution in [0.25, 0.3) is 0 Å². The Morgan fingerprint density at radius 3 is 2.64 bits per heavy atom. The van der Waals surface area contributed by atoms with E-state index < -0.39 is 10.0 Å². The molecule has 2 rings (SSSR count). The van der Waals surface area contributed by atoms with Crippen LogP contribution in [0, 0.1) is 0 Å². The van der Waals surface area contributed by atoms with Crippen molar-refractivity contribution in [3.63, 3.8) is 0 Å². The molecule has 0 aromatic heterocycles. The minimum absolute atomic E-state index is 0.238. The lowest BCUT2D eigenvalue weighted by atomic mass is 10.3. The van der Waals surface area contributed by atoms with Gasteiger partial charge in [0.05, 0.1) is 17.5 Å². The van der Waals surface area contributed by atoms with Crippen LogP contribution in [-0.4, -0.2) is 42.1 Å². The fourth-order valence-electron chi connectivity index (χ4n) is 2.25. The molecule has 1 aliphatic rings. The Morgan fingerprint density at radius 2 is 2.05 bits per heavy atom. The zero-order valence-electron chi connectivity index (χ0n) is 12.4. The molecule has 0 spiro atoms. The summed E-state index contributed by atoms with van der Waals surface area (Å²) in [4.78, 5) is 0.955. The summed E-state index contributed by atoms with van der Waals surface area (Å²) >= 11 is 10.1. The highest BCUT2D eigenvalue weighted by molar-refractivity contribution is 7.89. The molecule has 4 nitrogen and oxygen atoms in total. The maximum absolute atomic E-state index is 12.7. The zero-order valence-corrected chi connectivity index (χ0v) is 14.8. The first-order valence-electron chi connectivity index (χ1n) is 7.20. The van der Waals surface area contributed by atoms with E-state index in [4.69, 9.17) is 29.2 Å². The molecule has 1 heterocycles. The zero-order chi connectivity index (χ0) is 16.2. The van der Waals surface area contributed by atoms with Crippen molar-refractivity contribution in [1.82, 2.24) is 4.31 Å². The van der Waals surface area contributed by atoms with Crippen LogP contribution in [0.1, 0.15) is 26.2 Å². The molecule has 0 N–H and O–H groups in total. The standard InChI is InChI=1S/C15H19NO3S3/c1-2-3-8-19-13-4-6-15(7-5-13)22(17,18)16-10-14(21)9-12(16)11-20/h4-7,11-12H,2-3,8-10H2,1H3/t12-/m1/s1. The molecule has 1 aromatic rings. The van der Waals surface area contributed by atoms with Gasteiger partial charge in [0.1, 0.15) is 5.75 Å². The second-order valence-corrected chi connectivity index (χ2v) is 7.91. The number of sulfonamides is 1. The van der Waals surface area contributed by atoms with Gasteiger partial charge in [-0.1, -0.05) is 37.8 Å².